The maximum atomic E-state index is 12.7. The first kappa shape index (κ1) is 14.8. The predicted octanol–water partition coefficient (Wildman–Crippen LogP) is 3.32. The molecule has 4 heteroatoms. The Kier molecular flexibility index (Phi) is 5.10. The highest BCUT2D eigenvalue weighted by molar-refractivity contribution is 6.04. The molecule has 0 unspecified atom stereocenters. The molecule has 21 heavy (non-hydrogen) atoms. The number of carbonyl (C=O) groups excluding carboxylic acids is 1. The highest BCUT2D eigenvalue weighted by atomic mass is 19.1. The van der Waals surface area contributed by atoms with Crippen LogP contribution >= 0.6 is 0 Å². The molecule has 0 fully saturated rings. The Bertz CT molecular complexity index is 618. The Labute approximate surface area is 123 Å². The second kappa shape index (κ2) is 7.24. The second-order valence-electron chi connectivity index (χ2n) is 4.43. The smallest absolute Gasteiger partial charge is 0.187 e. The van der Waals surface area contributed by atoms with E-state index in [1.165, 1.54) is 30.3 Å². The molecule has 0 saturated heterocycles. The van der Waals surface area contributed by atoms with Gasteiger partial charge in [-0.05, 0) is 42.0 Å². The van der Waals surface area contributed by atoms with Crippen LogP contribution in [0.3, 0.4) is 0 Å². The molecule has 108 valence electrons. The van der Waals surface area contributed by atoms with Gasteiger partial charge in [0.15, 0.2) is 5.78 Å². The van der Waals surface area contributed by atoms with Crippen LogP contribution in [0.5, 0.6) is 5.75 Å². The minimum Gasteiger partial charge on any atom is -0.497 e. The van der Waals surface area contributed by atoms with Crippen LogP contribution in [0.2, 0.25) is 0 Å². The van der Waals surface area contributed by atoms with Crippen LogP contribution in [-0.2, 0) is 6.54 Å². The summed E-state index contributed by atoms with van der Waals surface area (Å²) >= 11 is 0. The minimum absolute atomic E-state index is 0.169. The summed E-state index contributed by atoms with van der Waals surface area (Å²) in [4.78, 5) is 11.8. The van der Waals surface area contributed by atoms with Gasteiger partial charge in [-0.15, -0.1) is 0 Å². The molecule has 0 amide bonds. The van der Waals surface area contributed by atoms with Crippen LogP contribution in [0.4, 0.5) is 4.39 Å². The van der Waals surface area contributed by atoms with Gasteiger partial charge in [-0.1, -0.05) is 12.1 Å². The monoisotopic (exact) mass is 285 g/mol. The molecule has 0 bridgehead atoms. The number of hydrogen-bond acceptors (Lipinski definition) is 3. The standard InChI is InChI=1S/C17H16FNO2/c1-21-16-8-2-13(3-9-16)12-19-11-10-17(20)14-4-6-15(18)7-5-14/h2-11,19H,12H2,1H3/b11-10+. The third-order valence-corrected chi connectivity index (χ3v) is 2.95. The van der Waals surface area contributed by atoms with Crippen molar-refractivity contribution >= 4 is 5.78 Å². The van der Waals surface area contributed by atoms with Crippen molar-refractivity contribution < 1.29 is 13.9 Å². The van der Waals surface area contributed by atoms with Gasteiger partial charge in [0.05, 0.1) is 7.11 Å². The largest absolute Gasteiger partial charge is 0.497 e. The average molecular weight is 285 g/mol. The van der Waals surface area contributed by atoms with Crippen molar-refractivity contribution in [2.24, 2.45) is 0 Å². The summed E-state index contributed by atoms with van der Waals surface area (Å²) in [5.41, 5.74) is 1.54. The molecule has 3 nitrogen and oxygen atoms in total. The lowest BCUT2D eigenvalue weighted by molar-refractivity contribution is 0.104. The van der Waals surface area contributed by atoms with Crippen LogP contribution in [0.1, 0.15) is 15.9 Å². The normalized spacial score (nSPS) is 10.6. The highest BCUT2D eigenvalue weighted by Crippen LogP contribution is 2.11. The molecule has 0 aliphatic rings. The third-order valence-electron chi connectivity index (χ3n) is 2.95. The van der Waals surface area contributed by atoms with Crippen LogP contribution in [0.15, 0.2) is 60.8 Å². The zero-order valence-electron chi connectivity index (χ0n) is 11.7. The number of ether oxygens (including phenoxy) is 1. The summed E-state index contributed by atoms with van der Waals surface area (Å²) in [6.45, 7) is 0.608. The Morgan fingerprint density at radius 2 is 1.81 bits per heavy atom. The van der Waals surface area contributed by atoms with Crippen LogP contribution < -0.4 is 10.1 Å². The summed E-state index contributed by atoms with van der Waals surface area (Å²) in [5.74, 6) is 0.283. The van der Waals surface area contributed by atoms with Crippen molar-refractivity contribution in [2.75, 3.05) is 7.11 Å². The summed E-state index contributed by atoms with van der Waals surface area (Å²) in [5, 5.41) is 3.03. The van der Waals surface area contributed by atoms with Crippen molar-refractivity contribution in [3.63, 3.8) is 0 Å². The zero-order valence-corrected chi connectivity index (χ0v) is 11.7. The lowest BCUT2D eigenvalue weighted by atomic mass is 10.1. The van der Waals surface area contributed by atoms with Gasteiger partial charge in [-0.25, -0.2) is 4.39 Å². The van der Waals surface area contributed by atoms with Gasteiger partial charge in [0.25, 0.3) is 0 Å². The Hall–Kier alpha value is -2.62. The molecule has 0 saturated carbocycles. The fourth-order valence-electron chi connectivity index (χ4n) is 1.77. The molecule has 0 aromatic heterocycles. The Morgan fingerprint density at radius 3 is 2.43 bits per heavy atom. The molecule has 2 aromatic rings. The van der Waals surface area contributed by atoms with E-state index in [2.05, 4.69) is 5.32 Å². The van der Waals surface area contributed by atoms with E-state index in [-0.39, 0.29) is 11.6 Å². The van der Waals surface area contributed by atoms with Crippen molar-refractivity contribution in [1.29, 1.82) is 0 Å². The van der Waals surface area contributed by atoms with E-state index in [0.29, 0.717) is 12.1 Å². The van der Waals surface area contributed by atoms with Crippen molar-refractivity contribution in [1.82, 2.24) is 5.32 Å². The zero-order chi connectivity index (χ0) is 15.1. The summed E-state index contributed by atoms with van der Waals surface area (Å²) < 4.78 is 17.8. The van der Waals surface area contributed by atoms with Gasteiger partial charge in [-0.3, -0.25) is 4.79 Å². The average Bonchev–Trinajstić information content (AvgIpc) is 2.52. The van der Waals surface area contributed by atoms with Crippen molar-refractivity contribution in [2.45, 2.75) is 6.54 Å². The number of ketones is 1. The SMILES string of the molecule is COc1ccc(CN/C=C/C(=O)c2ccc(F)cc2)cc1. The first-order valence-electron chi connectivity index (χ1n) is 6.52. The molecule has 0 aliphatic heterocycles. The fraction of sp³-hybridized carbons (Fsp3) is 0.118. The molecule has 0 aliphatic carbocycles. The lowest BCUT2D eigenvalue weighted by Crippen LogP contribution is -2.06. The van der Waals surface area contributed by atoms with E-state index in [4.69, 9.17) is 4.74 Å². The number of rotatable bonds is 6. The first-order chi connectivity index (χ1) is 10.2. The number of nitrogens with one attached hydrogen (secondary N) is 1. The Morgan fingerprint density at radius 1 is 1.14 bits per heavy atom. The van der Waals surface area contributed by atoms with Crippen LogP contribution in [-0.4, -0.2) is 12.9 Å². The molecule has 2 rings (SSSR count). The van der Waals surface area contributed by atoms with Crippen LogP contribution in [0, 0.1) is 5.82 Å². The molecule has 0 heterocycles. The first-order valence-corrected chi connectivity index (χ1v) is 6.52. The molecule has 2 aromatic carbocycles. The summed E-state index contributed by atoms with van der Waals surface area (Å²) in [7, 11) is 1.62. The number of allylic oxidation sites excluding steroid dienone is 1. The van der Waals surface area contributed by atoms with Gasteiger partial charge in [0.1, 0.15) is 11.6 Å². The number of carbonyl (C=O) groups is 1. The van der Waals surface area contributed by atoms with E-state index in [9.17, 15) is 9.18 Å². The minimum atomic E-state index is -0.354. The third kappa shape index (κ3) is 4.45. The fourth-order valence-corrected chi connectivity index (χ4v) is 1.77. The van der Waals surface area contributed by atoms with Gasteiger partial charge >= 0.3 is 0 Å². The van der Waals surface area contributed by atoms with Gasteiger partial charge < -0.3 is 10.1 Å². The second-order valence-corrected chi connectivity index (χ2v) is 4.43. The van der Waals surface area contributed by atoms with Crippen molar-refractivity contribution in [3.8, 4) is 5.75 Å². The topological polar surface area (TPSA) is 38.3 Å². The highest BCUT2D eigenvalue weighted by Gasteiger charge is 2.01. The van der Waals surface area contributed by atoms with E-state index in [1.807, 2.05) is 24.3 Å². The maximum absolute atomic E-state index is 12.7. The number of hydrogen-bond donors (Lipinski definition) is 1. The van der Waals surface area contributed by atoms with E-state index in [0.717, 1.165) is 11.3 Å². The molecule has 0 radical (unpaired) electrons. The predicted molar refractivity (Wildman–Crippen MR) is 79.7 cm³/mol. The van der Waals surface area contributed by atoms with Gasteiger partial charge in [0.2, 0.25) is 0 Å². The quantitative estimate of drug-likeness (QED) is 0.653. The molecule has 0 atom stereocenters. The summed E-state index contributed by atoms with van der Waals surface area (Å²) in [6.07, 6.45) is 3.02. The van der Waals surface area contributed by atoms with Crippen molar-refractivity contribution in [3.05, 3.63) is 77.8 Å². The number of methoxy groups -OCH3 is 1. The van der Waals surface area contributed by atoms with E-state index >= 15 is 0 Å². The number of halogens is 1. The molecular formula is C17H16FNO2. The molecule has 1 N–H and O–H groups in total. The molecular weight excluding hydrogens is 269 g/mol. The number of benzene rings is 2. The lowest BCUT2D eigenvalue weighted by Gasteiger charge is -2.03. The summed E-state index contributed by atoms with van der Waals surface area (Å²) in [6, 6.07) is 13.1. The Balaban J connectivity index is 1.84. The maximum Gasteiger partial charge on any atom is 0.187 e. The van der Waals surface area contributed by atoms with Crippen LogP contribution in [0.25, 0.3) is 0 Å². The van der Waals surface area contributed by atoms with E-state index < -0.39 is 0 Å². The molecule has 0 spiro atoms. The van der Waals surface area contributed by atoms with Gasteiger partial charge in [-0.2, -0.15) is 0 Å². The van der Waals surface area contributed by atoms with E-state index in [1.54, 1.807) is 13.3 Å². The van der Waals surface area contributed by atoms with Gasteiger partial charge in [0, 0.05) is 24.4 Å².